The molecular weight excluding hydrogens is 324 g/mol. The van der Waals surface area contributed by atoms with Crippen molar-refractivity contribution in [3.63, 3.8) is 0 Å². The molecule has 2 aliphatic heterocycles. The van der Waals surface area contributed by atoms with Gasteiger partial charge in [0.05, 0.1) is 5.75 Å². The number of nitrogens with one attached hydrogen (secondary N) is 1. The minimum absolute atomic E-state index is 0.0829. The van der Waals surface area contributed by atoms with E-state index in [1.165, 1.54) is 31.0 Å². The summed E-state index contributed by atoms with van der Waals surface area (Å²) in [6.45, 7) is 6.28. The molecule has 0 aromatic heterocycles. The molecule has 0 radical (unpaired) electrons. The maximum atomic E-state index is 12.0. The Kier molecular flexibility index (Phi) is 6.26. The third-order valence-electron chi connectivity index (χ3n) is 4.55. The van der Waals surface area contributed by atoms with E-state index in [2.05, 4.69) is 17.1 Å². The number of rotatable bonds is 6. The van der Waals surface area contributed by atoms with Gasteiger partial charge in [-0.25, -0.2) is 0 Å². The smallest absolute Gasteiger partial charge is 0.230 e. The SMILES string of the molecule is CC1CCCCN1CCNC(=O)CSc1ccc2c(c1)OCCO2. The largest absolute Gasteiger partial charge is 0.486 e. The van der Waals surface area contributed by atoms with Crippen LogP contribution in [-0.4, -0.2) is 55.4 Å². The Hall–Kier alpha value is -1.40. The minimum Gasteiger partial charge on any atom is -0.486 e. The number of benzene rings is 1. The Morgan fingerprint density at radius 2 is 2.12 bits per heavy atom. The second kappa shape index (κ2) is 8.62. The molecule has 1 amide bonds. The van der Waals surface area contributed by atoms with Gasteiger partial charge in [0.25, 0.3) is 0 Å². The first-order valence-corrected chi connectivity index (χ1v) is 9.74. The summed E-state index contributed by atoms with van der Waals surface area (Å²) in [5.74, 6) is 2.06. The number of piperidine rings is 1. The highest BCUT2D eigenvalue weighted by atomic mass is 32.2. The lowest BCUT2D eigenvalue weighted by molar-refractivity contribution is -0.118. The summed E-state index contributed by atoms with van der Waals surface area (Å²) in [4.78, 5) is 15.5. The maximum Gasteiger partial charge on any atom is 0.230 e. The Morgan fingerprint density at radius 3 is 2.96 bits per heavy atom. The van der Waals surface area contributed by atoms with Crippen LogP contribution in [0.1, 0.15) is 26.2 Å². The zero-order chi connectivity index (χ0) is 16.8. The predicted octanol–water partition coefficient (Wildman–Crippen LogP) is 2.54. The molecule has 24 heavy (non-hydrogen) atoms. The quantitative estimate of drug-likeness (QED) is 0.799. The van der Waals surface area contributed by atoms with E-state index in [9.17, 15) is 4.79 Å². The number of hydrogen-bond donors (Lipinski definition) is 1. The van der Waals surface area contributed by atoms with Gasteiger partial charge in [-0.3, -0.25) is 9.69 Å². The van der Waals surface area contributed by atoms with Gasteiger partial charge in [-0.05, 0) is 44.5 Å². The second-order valence-corrected chi connectivity index (χ2v) is 7.37. The van der Waals surface area contributed by atoms with E-state index in [0.717, 1.165) is 36.0 Å². The summed E-state index contributed by atoms with van der Waals surface area (Å²) in [5, 5.41) is 3.03. The summed E-state index contributed by atoms with van der Waals surface area (Å²) in [6, 6.07) is 6.47. The van der Waals surface area contributed by atoms with Crippen molar-refractivity contribution < 1.29 is 14.3 Å². The molecule has 0 spiro atoms. The van der Waals surface area contributed by atoms with Crippen LogP contribution in [0.15, 0.2) is 23.1 Å². The zero-order valence-corrected chi connectivity index (χ0v) is 15.1. The Bertz CT molecular complexity index is 567. The highest BCUT2D eigenvalue weighted by Gasteiger charge is 2.17. The average molecular weight is 350 g/mol. The molecule has 0 saturated carbocycles. The molecule has 3 rings (SSSR count). The van der Waals surface area contributed by atoms with E-state index in [4.69, 9.17) is 9.47 Å². The lowest BCUT2D eigenvalue weighted by Gasteiger charge is -2.33. The summed E-state index contributed by atoms with van der Waals surface area (Å²) >= 11 is 1.53. The molecule has 1 atom stereocenters. The molecule has 1 fully saturated rings. The fourth-order valence-electron chi connectivity index (χ4n) is 3.14. The van der Waals surface area contributed by atoms with Gasteiger partial charge in [-0.1, -0.05) is 6.42 Å². The monoisotopic (exact) mass is 350 g/mol. The van der Waals surface area contributed by atoms with Crippen LogP contribution in [0.3, 0.4) is 0 Å². The summed E-state index contributed by atoms with van der Waals surface area (Å²) < 4.78 is 11.1. The van der Waals surface area contributed by atoms with Gasteiger partial charge >= 0.3 is 0 Å². The van der Waals surface area contributed by atoms with Crippen LogP contribution >= 0.6 is 11.8 Å². The number of amides is 1. The van der Waals surface area contributed by atoms with E-state index in [1.54, 1.807) is 0 Å². The molecule has 0 aliphatic carbocycles. The van der Waals surface area contributed by atoms with Crippen molar-refractivity contribution in [3.8, 4) is 11.5 Å². The van der Waals surface area contributed by atoms with Crippen LogP contribution < -0.4 is 14.8 Å². The number of carbonyl (C=O) groups is 1. The number of nitrogens with zero attached hydrogens (tertiary/aromatic N) is 1. The number of carbonyl (C=O) groups excluding carboxylic acids is 1. The third-order valence-corrected chi connectivity index (χ3v) is 5.54. The van der Waals surface area contributed by atoms with E-state index in [0.29, 0.717) is 25.0 Å². The molecule has 1 saturated heterocycles. The fraction of sp³-hybridized carbons (Fsp3) is 0.611. The number of ether oxygens (including phenoxy) is 2. The highest BCUT2D eigenvalue weighted by Crippen LogP contribution is 2.34. The Balaban J connectivity index is 1.38. The van der Waals surface area contributed by atoms with Crippen molar-refractivity contribution >= 4 is 17.7 Å². The number of likely N-dealkylation sites (tertiary alicyclic amines) is 1. The van der Waals surface area contributed by atoms with Crippen LogP contribution in [0.25, 0.3) is 0 Å². The van der Waals surface area contributed by atoms with E-state index in [1.807, 2.05) is 18.2 Å². The second-order valence-electron chi connectivity index (χ2n) is 6.32. The van der Waals surface area contributed by atoms with Crippen molar-refractivity contribution in [3.05, 3.63) is 18.2 Å². The molecule has 2 aliphatic rings. The van der Waals surface area contributed by atoms with Crippen LogP contribution in [0.4, 0.5) is 0 Å². The van der Waals surface area contributed by atoms with Crippen molar-refractivity contribution in [2.24, 2.45) is 0 Å². The van der Waals surface area contributed by atoms with Crippen molar-refractivity contribution in [1.29, 1.82) is 0 Å². The standard InChI is InChI=1S/C18H26N2O3S/c1-14-4-2-3-8-20(14)9-7-19-18(21)13-24-15-5-6-16-17(12-15)23-11-10-22-16/h5-6,12,14H,2-4,7-11,13H2,1H3,(H,19,21). The molecule has 132 valence electrons. The van der Waals surface area contributed by atoms with Crippen molar-refractivity contribution in [2.75, 3.05) is 38.6 Å². The minimum atomic E-state index is 0.0829. The molecule has 1 unspecified atom stereocenters. The van der Waals surface area contributed by atoms with E-state index in [-0.39, 0.29) is 5.91 Å². The topological polar surface area (TPSA) is 50.8 Å². The average Bonchev–Trinajstić information content (AvgIpc) is 2.61. The van der Waals surface area contributed by atoms with Gasteiger partial charge in [0.1, 0.15) is 13.2 Å². The lowest BCUT2D eigenvalue weighted by atomic mass is 10.0. The molecule has 1 N–H and O–H groups in total. The third kappa shape index (κ3) is 4.80. The molecule has 2 heterocycles. The van der Waals surface area contributed by atoms with E-state index < -0.39 is 0 Å². The number of hydrogen-bond acceptors (Lipinski definition) is 5. The first-order chi connectivity index (χ1) is 11.7. The number of fused-ring (bicyclic) bond motifs is 1. The summed E-state index contributed by atoms with van der Waals surface area (Å²) in [5.41, 5.74) is 0. The number of thioether (sulfide) groups is 1. The lowest BCUT2D eigenvalue weighted by Crippen LogP contribution is -2.42. The fourth-order valence-corrected chi connectivity index (χ4v) is 3.90. The van der Waals surface area contributed by atoms with Crippen LogP contribution in [0.2, 0.25) is 0 Å². The Labute approximate surface area is 148 Å². The Morgan fingerprint density at radius 1 is 1.29 bits per heavy atom. The van der Waals surface area contributed by atoms with Gasteiger partial charge in [0, 0.05) is 24.0 Å². The van der Waals surface area contributed by atoms with Gasteiger partial charge in [0.2, 0.25) is 5.91 Å². The van der Waals surface area contributed by atoms with Crippen LogP contribution in [0, 0.1) is 0 Å². The highest BCUT2D eigenvalue weighted by molar-refractivity contribution is 8.00. The predicted molar refractivity (Wildman–Crippen MR) is 96.1 cm³/mol. The molecule has 1 aromatic rings. The van der Waals surface area contributed by atoms with Crippen LogP contribution in [-0.2, 0) is 4.79 Å². The van der Waals surface area contributed by atoms with E-state index >= 15 is 0 Å². The normalized spacial score (nSPS) is 20.6. The summed E-state index contributed by atoms with van der Waals surface area (Å²) in [6.07, 6.45) is 3.88. The van der Waals surface area contributed by atoms with Crippen molar-refractivity contribution in [2.45, 2.75) is 37.1 Å². The molecule has 5 nitrogen and oxygen atoms in total. The zero-order valence-electron chi connectivity index (χ0n) is 14.3. The van der Waals surface area contributed by atoms with Gasteiger partial charge in [-0.2, -0.15) is 0 Å². The molecule has 0 bridgehead atoms. The van der Waals surface area contributed by atoms with Crippen LogP contribution in [0.5, 0.6) is 11.5 Å². The van der Waals surface area contributed by atoms with Gasteiger partial charge in [-0.15, -0.1) is 11.8 Å². The first kappa shape index (κ1) is 17.4. The van der Waals surface area contributed by atoms with Crippen molar-refractivity contribution in [1.82, 2.24) is 10.2 Å². The van der Waals surface area contributed by atoms with Gasteiger partial charge < -0.3 is 14.8 Å². The first-order valence-electron chi connectivity index (χ1n) is 8.75. The molecule has 1 aromatic carbocycles. The van der Waals surface area contributed by atoms with Gasteiger partial charge in [0.15, 0.2) is 11.5 Å². The maximum absolute atomic E-state index is 12.0. The summed E-state index contributed by atoms with van der Waals surface area (Å²) in [7, 11) is 0. The molecule has 6 heteroatoms. The molecular formula is C18H26N2O3S.